The second-order valence-electron chi connectivity index (χ2n) is 9.56. The number of fused-ring (bicyclic) bond motifs is 5. The molecule has 2 unspecified atom stereocenters. The predicted octanol–water partition coefficient (Wildman–Crippen LogP) is 5.12. The number of carboxylic acid groups (broad SMARTS) is 1. The van der Waals surface area contributed by atoms with Crippen molar-refractivity contribution in [3.8, 4) is 0 Å². The molecule has 124 valence electrons. The van der Waals surface area contributed by atoms with E-state index in [1.165, 1.54) is 51.4 Å². The molecule has 0 aliphatic heterocycles. The van der Waals surface area contributed by atoms with E-state index in [2.05, 4.69) is 13.8 Å². The summed E-state index contributed by atoms with van der Waals surface area (Å²) in [5.74, 6) is 2.84. The SMILES string of the molecule is C[C@@]12CCC[C@H]1[C@@H]1CCC3CCC(C(=O)O)C[C@]3(C)[C@H]1CC2. The largest absolute Gasteiger partial charge is 0.481 e. The molecule has 4 aliphatic rings. The molecule has 0 spiro atoms. The van der Waals surface area contributed by atoms with Crippen LogP contribution in [-0.4, -0.2) is 11.1 Å². The standard InChI is InChI=1S/C20H32O2/c1-19-10-3-4-16(19)15-8-7-14-6-5-13(18(21)22)12-20(14,2)17(15)9-11-19/h13-17H,3-12H2,1-2H3,(H,21,22)/t13?,14?,15-,16-,17-,19-,20-/m0/s1. The fourth-order valence-electron chi connectivity index (χ4n) is 7.57. The van der Waals surface area contributed by atoms with Crippen molar-refractivity contribution < 1.29 is 9.90 Å². The number of aliphatic carboxylic acids is 1. The average Bonchev–Trinajstić information content (AvgIpc) is 2.87. The minimum Gasteiger partial charge on any atom is -0.481 e. The maximum atomic E-state index is 11.6. The average molecular weight is 304 g/mol. The molecular weight excluding hydrogens is 272 g/mol. The zero-order valence-corrected chi connectivity index (χ0v) is 14.3. The monoisotopic (exact) mass is 304 g/mol. The van der Waals surface area contributed by atoms with Gasteiger partial charge in [0.15, 0.2) is 0 Å². The molecule has 0 bridgehead atoms. The number of rotatable bonds is 1. The van der Waals surface area contributed by atoms with Crippen LogP contribution in [-0.2, 0) is 4.79 Å². The van der Waals surface area contributed by atoms with E-state index < -0.39 is 5.97 Å². The number of carbonyl (C=O) groups is 1. The van der Waals surface area contributed by atoms with Crippen molar-refractivity contribution in [2.45, 2.75) is 78.1 Å². The van der Waals surface area contributed by atoms with Crippen LogP contribution >= 0.6 is 0 Å². The van der Waals surface area contributed by atoms with Gasteiger partial charge in [0, 0.05) is 0 Å². The highest BCUT2D eigenvalue weighted by atomic mass is 16.4. The van der Waals surface area contributed by atoms with E-state index in [1.807, 2.05) is 0 Å². The van der Waals surface area contributed by atoms with Gasteiger partial charge in [-0.3, -0.25) is 4.79 Å². The molecule has 22 heavy (non-hydrogen) atoms. The summed E-state index contributed by atoms with van der Waals surface area (Å²) in [6, 6.07) is 0. The van der Waals surface area contributed by atoms with E-state index in [-0.39, 0.29) is 5.92 Å². The first kappa shape index (κ1) is 15.0. The fraction of sp³-hybridized carbons (Fsp3) is 0.950. The maximum absolute atomic E-state index is 11.6. The molecule has 2 nitrogen and oxygen atoms in total. The van der Waals surface area contributed by atoms with Gasteiger partial charge >= 0.3 is 5.97 Å². The highest BCUT2D eigenvalue weighted by Crippen LogP contribution is 2.66. The molecule has 4 fully saturated rings. The van der Waals surface area contributed by atoms with E-state index >= 15 is 0 Å². The molecular formula is C20H32O2. The van der Waals surface area contributed by atoms with Crippen LogP contribution in [0.4, 0.5) is 0 Å². The van der Waals surface area contributed by atoms with Gasteiger partial charge in [0.05, 0.1) is 5.92 Å². The highest BCUT2D eigenvalue weighted by Gasteiger charge is 2.58. The van der Waals surface area contributed by atoms with E-state index in [4.69, 9.17) is 0 Å². The summed E-state index contributed by atoms with van der Waals surface area (Å²) in [6.07, 6.45) is 12.9. The first-order chi connectivity index (χ1) is 10.4. The van der Waals surface area contributed by atoms with Crippen molar-refractivity contribution in [1.29, 1.82) is 0 Å². The highest BCUT2D eigenvalue weighted by molar-refractivity contribution is 5.70. The Morgan fingerprint density at radius 1 is 0.955 bits per heavy atom. The summed E-state index contributed by atoms with van der Waals surface area (Å²) in [4.78, 5) is 11.6. The lowest BCUT2D eigenvalue weighted by Gasteiger charge is -2.60. The Balaban J connectivity index is 1.62. The molecule has 7 atom stereocenters. The quantitative estimate of drug-likeness (QED) is 0.730. The summed E-state index contributed by atoms with van der Waals surface area (Å²) < 4.78 is 0. The van der Waals surface area contributed by atoms with Crippen LogP contribution in [0.3, 0.4) is 0 Å². The molecule has 0 aromatic rings. The molecule has 0 aromatic carbocycles. The minimum absolute atomic E-state index is 0.0723. The van der Waals surface area contributed by atoms with Crippen LogP contribution in [0.15, 0.2) is 0 Å². The lowest BCUT2D eigenvalue weighted by Crippen LogP contribution is -2.53. The Labute approximate surface area is 135 Å². The summed E-state index contributed by atoms with van der Waals surface area (Å²) in [6.45, 7) is 5.03. The molecule has 4 aliphatic carbocycles. The third kappa shape index (κ3) is 2.01. The van der Waals surface area contributed by atoms with Crippen molar-refractivity contribution in [3.63, 3.8) is 0 Å². The predicted molar refractivity (Wildman–Crippen MR) is 87.5 cm³/mol. The zero-order valence-electron chi connectivity index (χ0n) is 14.3. The Bertz CT molecular complexity index is 472. The van der Waals surface area contributed by atoms with Crippen molar-refractivity contribution in [3.05, 3.63) is 0 Å². The van der Waals surface area contributed by atoms with Crippen LogP contribution in [0.25, 0.3) is 0 Å². The van der Waals surface area contributed by atoms with E-state index in [9.17, 15) is 9.90 Å². The molecule has 0 saturated heterocycles. The Morgan fingerprint density at radius 3 is 2.50 bits per heavy atom. The lowest BCUT2D eigenvalue weighted by molar-refractivity contribution is -0.153. The second-order valence-corrected chi connectivity index (χ2v) is 9.56. The van der Waals surface area contributed by atoms with Gasteiger partial charge in [-0.25, -0.2) is 0 Å². The zero-order chi connectivity index (χ0) is 15.5. The topological polar surface area (TPSA) is 37.3 Å². The normalized spacial score (nSPS) is 54.2. The fourth-order valence-corrected chi connectivity index (χ4v) is 7.57. The van der Waals surface area contributed by atoms with Gasteiger partial charge in [-0.1, -0.05) is 20.3 Å². The second kappa shape index (κ2) is 4.98. The van der Waals surface area contributed by atoms with Crippen LogP contribution in [0, 0.1) is 40.4 Å². The van der Waals surface area contributed by atoms with Crippen molar-refractivity contribution in [2.75, 3.05) is 0 Å². The third-order valence-electron chi connectivity index (χ3n) is 8.75. The van der Waals surface area contributed by atoms with Gasteiger partial charge in [-0.15, -0.1) is 0 Å². The third-order valence-corrected chi connectivity index (χ3v) is 8.75. The van der Waals surface area contributed by atoms with E-state index in [1.54, 1.807) is 0 Å². The van der Waals surface area contributed by atoms with Gasteiger partial charge in [0.1, 0.15) is 0 Å². The number of carboxylic acids is 1. The Hall–Kier alpha value is -0.530. The van der Waals surface area contributed by atoms with Gasteiger partial charge in [-0.05, 0) is 92.3 Å². The molecule has 0 heterocycles. The maximum Gasteiger partial charge on any atom is 0.306 e. The van der Waals surface area contributed by atoms with E-state index in [0.717, 1.165) is 36.5 Å². The van der Waals surface area contributed by atoms with Crippen LogP contribution < -0.4 is 0 Å². The molecule has 0 radical (unpaired) electrons. The minimum atomic E-state index is -0.539. The van der Waals surface area contributed by atoms with Crippen LogP contribution in [0.1, 0.15) is 78.1 Å². The Kier molecular flexibility index (Phi) is 3.40. The molecule has 0 amide bonds. The molecule has 1 N–H and O–H groups in total. The first-order valence-corrected chi connectivity index (χ1v) is 9.67. The molecule has 4 rings (SSSR count). The summed E-state index contributed by atoms with van der Waals surface area (Å²) in [5.41, 5.74) is 0.930. The van der Waals surface area contributed by atoms with Crippen molar-refractivity contribution >= 4 is 5.97 Å². The lowest BCUT2D eigenvalue weighted by atomic mass is 9.44. The number of hydrogen-bond acceptors (Lipinski definition) is 1. The summed E-state index contributed by atoms with van der Waals surface area (Å²) in [5, 5.41) is 9.53. The summed E-state index contributed by atoms with van der Waals surface area (Å²) in [7, 11) is 0. The van der Waals surface area contributed by atoms with Crippen LogP contribution in [0.2, 0.25) is 0 Å². The summed E-state index contributed by atoms with van der Waals surface area (Å²) >= 11 is 0. The van der Waals surface area contributed by atoms with Crippen molar-refractivity contribution in [1.82, 2.24) is 0 Å². The smallest absolute Gasteiger partial charge is 0.306 e. The van der Waals surface area contributed by atoms with Gasteiger partial charge < -0.3 is 5.11 Å². The van der Waals surface area contributed by atoms with Crippen LogP contribution in [0.5, 0.6) is 0 Å². The molecule has 0 aromatic heterocycles. The molecule has 4 saturated carbocycles. The molecule has 2 heteroatoms. The van der Waals surface area contributed by atoms with Gasteiger partial charge in [0.25, 0.3) is 0 Å². The van der Waals surface area contributed by atoms with Crippen molar-refractivity contribution in [2.24, 2.45) is 40.4 Å². The van der Waals surface area contributed by atoms with E-state index in [0.29, 0.717) is 10.8 Å². The van der Waals surface area contributed by atoms with Gasteiger partial charge in [-0.2, -0.15) is 0 Å². The van der Waals surface area contributed by atoms with Gasteiger partial charge in [0.2, 0.25) is 0 Å². The Morgan fingerprint density at radius 2 is 1.73 bits per heavy atom. The first-order valence-electron chi connectivity index (χ1n) is 9.67. The number of hydrogen-bond donors (Lipinski definition) is 1.